The maximum atomic E-state index is 13.1. The minimum Gasteiger partial charge on any atom is -0.323 e. The predicted molar refractivity (Wildman–Crippen MR) is 108 cm³/mol. The van der Waals surface area contributed by atoms with E-state index in [0.29, 0.717) is 6.04 Å². The number of benzene rings is 2. The van der Waals surface area contributed by atoms with Crippen LogP contribution in [0.15, 0.2) is 60.8 Å². The highest BCUT2D eigenvalue weighted by molar-refractivity contribution is 5.99. The third-order valence-corrected chi connectivity index (χ3v) is 6.28. The number of likely N-dealkylation sites (tertiary alicyclic amines) is 1. The fraction of sp³-hybridized carbons (Fsp3) is 0.304. The zero-order valence-corrected chi connectivity index (χ0v) is 15.5. The number of amides is 1. The first kappa shape index (κ1) is 16.5. The lowest BCUT2D eigenvalue weighted by atomic mass is 9.83. The SMILES string of the molecule is CC1(C(=O)Nc2cnc3ccccc3c2)CCN1C1Cc2ccccc2C1. The van der Waals surface area contributed by atoms with Crippen molar-refractivity contribution in [3.63, 3.8) is 0 Å². The number of hydrogen-bond donors (Lipinski definition) is 1. The van der Waals surface area contributed by atoms with Crippen molar-refractivity contribution in [3.8, 4) is 0 Å². The smallest absolute Gasteiger partial charge is 0.244 e. The van der Waals surface area contributed by atoms with Crippen molar-refractivity contribution in [3.05, 3.63) is 71.9 Å². The van der Waals surface area contributed by atoms with Crippen LogP contribution in [0, 0.1) is 0 Å². The molecule has 0 spiro atoms. The number of aromatic nitrogens is 1. The van der Waals surface area contributed by atoms with Gasteiger partial charge in [-0.25, -0.2) is 0 Å². The van der Waals surface area contributed by atoms with Crippen LogP contribution in [-0.2, 0) is 17.6 Å². The highest BCUT2D eigenvalue weighted by Crippen LogP contribution is 2.38. The molecule has 2 heterocycles. The molecule has 3 aromatic rings. The van der Waals surface area contributed by atoms with Crippen LogP contribution in [-0.4, -0.2) is 33.9 Å². The summed E-state index contributed by atoms with van der Waals surface area (Å²) in [4.78, 5) is 20.0. The second-order valence-electron chi connectivity index (χ2n) is 7.92. The topological polar surface area (TPSA) is 45.2 Å². The van der Waals surface area contributed by atoms with Gasteiger partial charge in [0.05, 0.1) is 22.9 Å². The van der Waals surface area contributed by atoms with Gasteiger partial charge in [0.25, 0.3) is 0 Å². The lowest BCUT2D eigenvalue weighted by Crippen LogP contribution is -2.67. The molecular formula is C23H23N3O. The summed E-state index contributed by atoms with van der Waals surface area (Å²) in [5.41, 5.74) is 4.11. The molecule has 4 heteroatoms. The van der Waals surface area contributed by atoms with Crippen molar-refractivity contribution in [2.24, 2.45) is 0 Å². The Kier molecular flexibility index (Phi) is 3.76. The summed E-state index contributed by atoms with van der Waals surface area (Å²) in [7, 11) is 0. The summed E-state index contributed by atoms with van der Waals surface area (Å²) in [6.45, 7) is 3.06. The minimum absolute atomic E-state index is 0.0711. The number of hydrogen-bond acceptors (Lipinski definition) is 3. The van der Waals surface area contributed by atoms with Crippen LogP contribution in [0.4, 0.5) is 5.69 Å². The molecule has 0 saturated carbocycles. The summed E-state index contributed by atoms with van der Waals surface area (Å²) in [5.74, 6) is 0.0711. The number of fused-ring (bicyclic) bond motifs is 2. The lowest BCUT2D eigenvalue weighted by Gasteiger charge is -2.52. The lowest BCUT2D eigenvalue weighted by molar-refractivity contribution is -0.138. The van der Waals surface area contributed by atoms with Crippen LogP contribution in [0.25, 0.3) is 10.9 Å². The van der Waals surface area contributed by atoms with Gasteiger partial charge >= 0.3 is 0 Å². The average molecular weight is 357 g/mol. The summed E-state index contributed by atoms with van der Waals surface area (Å²) >= 11 is 0. The molecule has 1 N–H and O–H groups in total. The normalized spacial score (nSPS) is 22.4. The quantitative estimate of drug-likeness (QED) is 0.775. The van der Waals surface area contributed by atoms with E-state index in [0.717, 1.165) is 42.4 Å². The summed E-state index contributed by atoms with van der Waals surface area (Å²) in [6, 6.07) is 19.0. The highest BCUT2D eigenvalue weighted by Gasteiger charge is 2.50. The molecule has 0 bridgehead atoms. The zero-order valence-electron chi connectivity index (χ0n) is 15.5. The molecule has 4 nitrogen and oxygen atoms in total. The Morgan fingerprint density at radius 2 is 1.81 bits per heavy atom. The first-order valence-corrected chi connectivity index (χ1v) is 9.63. The number of carbonyl (C=O) groups excluding carboxylic acids is 1. The number of nitrogens with zero attached hydrogens (tertiary/aromatic N) is 2. The van der Waals surface area contributed by atoms with E-state index in [1.807, 2.05) is 30.3 Å². The van der Waals surface area contributed by atoms with Crippen molar-refractivity contribution in [2.45, 2.75) is 37.8 Å². The summed E-state index contributed by atoms with van der Waals surface area (Å²) < 4.78 is 0. The number of anilines is 1. The first-order valence-electron chi connectivity index (χ1n) is 9.63. The molecule has 5 rings (SSSR count). The molecule has 1 saturated heterocycles. The molecule has 136 valence electrons. The van der Waals surface area contributed by atoms with Crippen LogP contribution in [0.2, 0.25) is 0 Å². The number of carbonyl (C=O) groups is 1. The highest BCUT2D eigenvalue weighted by atomic mass is 16.2. The molecule has 1 aliphatic heterocycles. The first-order chi connectivity index (χ1) is 13.1. The Morgan fingerprint density at radius 3 is 2.52 bits per heavy atom. The van der Waals surface area contributed by atoms with Gasteiger partial charge in [-0.05, 0) is 49.4 Å². The Balaban J connectivity index is 1.33. The standard InChI is InChI=1S/C23H23N3O/c1-23(10-11-26(23)20-13-16-6-2-3-7-17(16)14-20)22(27)25-19-12-18-8-4-5-9-21(18)24-15-19/h2-9,12,15,20H,10-11,13-14H2,1H3,(H,25,27). The van der Waals surface area contributed by atoms with Crippen molar-refractivity contribution in [1.82, 2.24) is 9.88 Å². The van der Waals surface area contributed by atoms with E-state index in [1.54, 1.807) is 6.20 Å². The minimum atomic E-state index is -0.446. The fourth-order valence-electron chi connectivity index (χ4n) is 4.57. The van der Waals surface area contributed by atoms with E-state index in [4.69, 9.17) is 0 Å². The number of pyridine rings is 1. The Hall–Kier alpha value is -2.72. The van der Waals surface area contributed by atoms with Crippen LogP contribution >= 0.6 is 0 Å². The molecule has 1 amide bonds. The molecule has 2 aliphatic rings. The molecule has 1 aromatic heterocycles. The molecule has 1 atom stereocenters. The fourth-order valence-corrected chi connectivity index (χ4v) is 4.57. The van der Waals surface area contributed by atoms with Crippen molar-refractivity contribution >= 4 is 22.5 Å². The van der Waals surface area contributed by atoms with E-state index in [1.165, 1.54) is 11.1 Å². The molecule has 1 fully saturated rings. The van der Waals surface area contributed by atoms with E-state index in [2.05, 4.69) is 46.4 Å². The molecule has 0 radical (unpaired) electrons. The Morgan fingerprint density at radius 1 is 1.11 bits per heavy atom. The van der Waals surface area contributed by atoms with Gasteiger partial charge in [0.1, 0.15) is 0 Å². The van der Waals surface area contributed by atoms with Crippen molar-refractivity contribution in [1.29, 1.82) is 0 Å². The van der Waals surface area contributed by atoms with E-state index in [9.17, 15) is 4.79 Å². The third-order valence-electron chi connectivity index (χ3n) is 6.28. The van der Waals surface area contributed by atoms with E-state index >= 15 is 0 Å². The summed E-state index contributed by atoms with van der Waals surface area (Å²) in [5, 5.41) is 4.15. The molecule has 1 unspecified atom stereocenters. The van der Waals surface area contributed by atoms with Crippen molar-refractivity contribution < 1.29 is 4.79 Å². The van der Waals surface area contributed by atoms with E-state index < -0.39 is 5.54 Å². The monoisotopic (exact) mass is 357 g/mol. The third kappa shape index (κ3) is 2.72. The largest absolute Gasteiger partial charge is 0.323 e. The van der Waals surface area contributed by atoms with Gasteiger partial charge in [0.2, 0.25) is 5.91 Å². The van der Waals surface area contributed by atoms with Gasteiger partial charge in [-0.2, -0.15) is 0 Å². The maximum absolute atomic E-state index is 13.1. The average Bonchev–Trinajstić information content (AvgIpc) is 3.09. The zero-order chi connectivity index (χ0) is 18.4. The second-order valence-corrected chi connectivity index (χ2v) is 7.92. The van der Waals surface area contributed by atoms with Crippen molar-refractivity contribution in [2.75, 3.05) is 11.9 Å². The van der Waals surface area contributed by atoms with Gasteiger partial charge in [0.15, 0.2) is 0 Å². The molecule has 2 aromatic carbocycles. The van der Waals surface area contributed by atoms with Gasteiger partial charge in [-0.3, -0.25) is 14.7 Å². The molecule has 1 aliphatic carbocycles. The molecular weight excluding hydrogens is 334 g/mol. The Labute approximate surface area is 159 Å². The van der Waals surface area contributed by atoms with Crippen LogP contribution < -0.4 is 5.32 Å². The van der Waals surface area contributed by atoms with Gasteiger partial charge in [-0.1, -0.05) is 42.5 Å². The van der Waals surface area contributed by atoms with E-state index in [-0.39, 0.29) is 5.91 Å². The van der Waals surface area contributed by atoms with Gasteiger partial charge in [-0.15, -0.1) is 0 Å². The van der Waals surface area contributed by atoms with Crippen LogP contribution in [0.5, 0.6) is 0 Å². The number of para-hydroxylation sites is 1. The van der Waals surface area contributed by atoms with Crippen LogP contribution in [0.3, 0.4) is 0 Å². The summed E-state index contributed by atoms with van der Waals surface area (Å²) in [6.07, 6.45) is 4.72. The van der Waals surface area contributed by atoms with Gasteiger partial charge in [0, 0.05) is 18.0 Å². The predicted octanol–water partition coefficient (Wildman–Crippen LogP) is 3.81. The molecule has 27 heavy (non-hydrogen) atoms. The Bertz CT molecular complexity index is 1010. The maximum Gasteiger partial charge on any atom is 0.244 e. The van der Waals surface area contributed by atoms with Gasteiger partial charge < -0.3 is 5.32 Å². The number of nitrogens with one attached hydrogen (secondary N) is 1. The second kappa shape index (κ2) is 6.17. The van der Waals surface area contributed by atoms with Crippen LogP contribution in [0.1, 0.15) is 24.5 Å². The number of rotatable bonds is 3.